The van der Waals surface area contributed by atoms with Crippen LogP contribution in [0.2, 0.25) is 0 Å². The highest BCUT2D eigenvalue weighted by atomic mass is 16.6. The molecule has 1 aromatic carbocycles. The van der Waals surface area contributed by atoms with Crippen LogP contribution in [0, 0.1) is 5.92 Å². The third-order valence-corrected chi connectivity index (χ3v) is 5.51. The van der Waals surface area contributed by atoms with Crippen molar-refractivity contribution in [1.82, 2.24) is 9.80 Å². The molecule has 2 heterocycles. The number of aliphatic hydroxyl groups is 2. The maximum Gasteiger partial charge on any atom is 0.410 e. The van der Waals surface area contributed by atoms with E-state index in [1.165, 1.54) is 0 Å². The third-order valence-electron chi connectivity index (χ3n) is 5.51. The quantitative estimate of drug-likeness (QED) is 0.846. The van der Waals surface area contributed by atoms with E-state index in [0.717, 1.165) is 31.5 Å². The monoisotopic (exact) mass is 376 g/mol. The van der Waals surface area contributed by atoms with Crippen LogP contribution >= 0.6 is 0 Å². The summed E-state index contributed by atoms with van der Waals surface area (Å²) in [5, 5.41) is 21.3. The Morgan fingerprint density at radius 3 is 2.44 bits per heavy atom. The minimum absolute atomic E-state index is 0.109. The lowest BCUT2D eigenvalue weighted by atomic mass is 9.83. The normalized spacial score (nSPS) is 27.7. The van der Waals surface area contributed by atoms with E-state index in [4.69, 9.17) is 4.74 Å². The van der Waals surface area contributed by atoms with E-state index in [0.29, 0.717) is 13.1 Å². The van der Waals surface area contributed by atoms with Crippen molar-refractivity contribution in [2.45, 2.75) is 50.9 Å². The zero-order chi connectivity index (χ0) is 19.7. The molecule has 1 amide bonds. The Hall–Kier alpha value is -1.63. The predicted octanol–water partition coefficient (Wildman–Crippen LogP) is 2.20. The second-order valence-electron chi connectivity index (χ2n) is 8.88. The summed E-state index contributed by atoms with van der Waals surface area (Å²) in [5.41, 5.74) is -0.838. The van der Waals surface area contributed by atoms with Crippen molar-refractivity contribution >= 4 is 6.09 Å². The summed E-state index contributed by atoms with van der Waals surface area (Å²) in [5.74, 6) is -0.109. The van der Waals surface area contributed by atoms with Crippen LogP contribution in [0.1, 0.15) is 39.2 Å². The molecule has 0 spiro atoms. The van der Waals surface area contributed by atoms with Gasteiger partial charge in [0.15, 0.2) is 0 Å². The first-order valence-electron chi connectivity index (χ1n) is 9.83. The van der Waals surface area contributed by atoms with Crippen LogP contribution in [0.4, 0.5) is 4.79 Å². The SMILES string of the molecule is CC(C)(C)OC(=O)N1C[C@H](CN2CCC(O)CC2)[C@@](O)(c2ccccc2)C1. The number of β-amino-alcohol motifs (C(OH)–C–C–N with tert-alkyl or cyclic N) is 1. The van der Waals surface area contributed by atoms with Crippen LogP contribution in [0.3, 0.4) is 0 Å². The number of piperidine rings is 1. The molecule has 0 radical (unpaired) electrons. The van der Waals surface area contributed by atoms with Gasteiger partial charge in [0.25, 0.3) is 0 Å². The van der Waals surface area contributed by atoms with Crippen LogP contribution in [-0.2, 0) is 10.3 Å². The number of nitrogens with zero attached hydrogens (tertiary/aromatic N) is 2. The van der Waals surface area contributed by atoms with E-state index >= 15 is 0 Å². The zero-order valence-electron chi connectivity index (χ0n) is 16.6. The maximum atomic E-state index is 12.6. The first-order chi connectivity index (χ1) is 12.7. The Balaban J connectivity index is 1.78. The van der Waals surface area contributed by atoms with Crippen molar-refractivity contribution < 1.29 is 19.7 Å². The Bertz CT molecular complexity index is 637. The molecule has 0 bridgehead atoms. The molecule has 2 atom stereocenters. The van der Waals surface area contributed by atoms with Gasteiger partial charge in [-0.05, 0) is 39.2 Å². The molecule has 2 N–H and O–H groups in total. The molecule has 0 aromatic heterocycles. The average molecular weight is 376 g/mol. The Morgan fingerprint density at radius 1 is 1.22 bits per heavy atom. The van der Waals surface area contributed by atoms with Gasteiger partial charge in [-0.1, -0.05) is 30.3 Å². The van der Waals surface area contributed by atoms with Gasteiger partial charge in [0.1, 0.15) is 11.2 Å². The number of aliphatic hydroxyl groups excluding tert-OH is 1. The van der Waals surface area contributed by atoms with Crippen molar-refractivity contribution in [3.8, 4) is 0 Å². The van der Waals surface area contributed by atoms with E-state index in [2.05, 4.69) is 4.90 Å². The molecule has 27 heavy (non-hydrogen) atoms. The van der Waals surface area contributed by atoms with Gasteiger partial charge in [-0.25, -0.2) is 4.79 Å². The second-order valence-corrected chi connectivity index (χ2v) is 8.88. The summed E-state index contributed by atoms with van der Waals surface area (Å²) in [4.78, 5) is 16.5. The van der Waals surface area contributed by atoms with Crippen LogP contribution in [-0.4, -0.2) is 70.5 Å². The molecule has 150 valence electrons. The minimum atomic E-state index is -1.10. The van der Waals surface area contributed by atoms with E-state index in [-0.39, 0.29) is 24.7 Å². The summed E-state index contributed by atoms with van der Waals surface area (Å²) in [7, 11) is 0. The summed E-state index contributed by atoms with van der Waals surface area (Å²) in [6.45, 7) is 8.55. The van der Waals surface area contributed by atoms with E-state index in [1.807, 2.05) is 51.1 Å². The number of amides is 1. The topological polar surface area (TPSA) is 73.2 Å². The average Bonchev–Trinajstić information content (AvgIpc) is 2.94. The zero-order valence-corrected chi connectivity index (χ0v) is 16.6. The summed E-state index contributed by atoms with van der Waals surface area (Å²) in [6, 6.07) is 9.60. The summed E-state index contributed by atoms with van der Waals surface area (Å²) < 4.78 is 5.53. The largest absolute Gasteiger partial charge is 0.444 e. The van der Waals surface area contributed by atoms with Crippen molar-refractivity contribution in [3.05, 3.63) is 35.9 Å². The Labute approximate surface area is 161 Å². The van der Waals surface area contributed by atoms with E-state index in [1.54, 1.807) is 4.90 Å². The van der Waals surface area contributed by atoms with E-state index < -0.39 is 11.2 Å². The minimum Gasteiger partial charge on any atom is -0.444 e. The fourth-order valence-electron chi connectivity index (χ4n) is 4.04. The Kier molecular flexibility index (Phi) is 5.79. The van der Waals surface area contributed by atoms with Gasteiger partial charge in [0, 0.05) is 32.1 Å². The molecule has 1 aromatic rings. The molecule has 2 fully saturated rings. The highest BCUT2D eigenvalue weighted by Crippen LogP contribution is 2.38. The number of rotatable bonds is 3. The number of carbonyl (C=O) groups excluding carboxylic acids is 1. The van der Waals surface area contributed by atoms with Gasteiger partial charge in [0.05, 0.1) is 12.6 Å². The van der Waals surface area contributed by atoms with Gasteiger partial charge in [-0.3, -0.25) is 0 Å². The number of benzene rings is 1. The molecule has 2 aliphatic heterocycles. The van der Waals surface area contributed by atoms with Crippen LogP contribution in [0.15, 0.2) is 30.3 Å². The fraction of sp³-hybridized carbons (Fsp3) is 0.667. The van der Waals surface area contributed by atoms with Crippen molar-refractivity contribution in [2.75, 3.05) is 32.7 Å². The molecular formula is C21H32N2O4. The predicted molar refractivity (Wildman–Crippen MR) is 103 cm³/mol. The fourth-order valence-corrected chi connectivity index (χ4v) is 4.04. The number of carbonyl (C=O) groups is 1. The molecule has 6 nitrogen and oxygen atoms in total. The van der Waals surface area contributed by atoms with Crippen molar-refractivity contribution in [1.29, 1.82) is 0 Å². The highest BCUT2D eigenvalue weighted by Gasteiger charge is 2.49. The molecule has 0 saturated carbocycles. The number of hydrogen-bond acceptors (Lipinski definition) is 5. The van der Waals surface area contributed by atoms with Crippen LogP contribution < -0.4 is 0 Å². The van der Waals surface area contributed by atoms with Crippen molar-refractivity contribution in [2.24, 2.45) is 5.92 Å². The van der Waals surface area contributed by atoms with Gasteiger partial charge < -0.3 is 24.7 Å². The lowest BCUT2D eigenvalue weighted by Crippen LogP contribution is -2.45. The third kappa shape index (κ3) is 4.81. The van der Waals surface area contributed by atoms with Gasteiger partial charge >= 0.3 is 6.09 Å². The van der Waals surface area contributed by atoms with Crippen LogP contribution in [0.25, 0.3) is 0 Å². The van der Waals surface area contributed by atoms with Gasteiger partial charge in [-0.15, -0.1) is 0 Å². The smallest absolute Gasteiger partial charge is 0.410 e. The molecule has 6 heteroatoms. The second kappa shape index (κ2) is 7.78. The standard InChI is InChI=1S/C21H32N2O4/c1-20(2,3)27-19(25)23-14-17(13-22-11-9-18(24)10-12-22)21(26,15-23)16-7-5-4-6-8-16/h4-8,17-18,24,26H,9-15H2,1-3H3/t17-,21-/m0/s1. The molecule has 2 saturated heterocycles. The molecule has 2 aliphatic rings. The summed E-state index contributed by atoms with van der Waals surface area (Å²) >= 11 is 0. The highest BCUT2D eigenvalue weighted by molar-refractivity contribution is 5.69. The van der Waals surface area contributed by atoms with Gasteiger partial charge in [0.2, 0.25) is 0 Å². The number of ether oxygens (including phenoxy) is 1. The first-order valence-corrected chi connectivity index (χ1v) is 9.83. The molecule has 3 rings (SSSR count). The molecule has 0 unspecified atom stereocenters. The van der Waals surface area contributed by atoms with E-state index in [9.17, 15) is 15.0 Å². The molecule has 0 aliphatic carbocycles. The molecular weight excluding hydrogens is 344 g/mol. The summed E-state index contributed by atoms with van der Waals surface area (Å²) in [6.07, 6.45) is 0.906. The van der Waals surface area contributed by atoms with Crippen LogP contribution in [0.5, 0.6) is 0 Å². The lowest BCUT2D eigenvalue weighted by Gasteiger charge is -2.36. The number of hydrogen-bond donors (Lipinski definition) is 2. The first kappa shape index (κ1) is 20.1. The Morgan fingerprint density at radius 2 is 1.85 bits per heavy atom. The maximum absolute atomic E-state index is 12.6. The van der Waals surface area contributed by atoms with Gasteiger partial charge in [-0.2, -0.15) is 0 Å². The number of likely N-dealkylation sites (tertiary alicyclic amines) is 2. The lowest BCUT2D eigenvalue weighted by molar-refractivity contribution is -0.0154. The van der Waals surface area contributed by atoms with Crippen molar-refractivity contribution in [3.63, 3.8) is 0 Å².